The number of aliphatic hydroxyl groups excluding tert-OH is 1. The molecule has 1 aliphatic rings. The number of carbonyl (C=O) groups is 1. The monoisotopic (exact) mass is 365 g/mol. The van der Waals surface area contributed by atoms with Crippen LogP contribution in [0.2, 0.25) is 0 Å². The molecule has 0 radical (unpaired) electrons. The van der Waals surface area contributed by atoms with Gasteiger partial charge in [0, 0.05) is 30.4 Å². The summed E-state index contributed by atoms with van der Waals surface area (Å²) < 4.78 is 14.7. The lowest BCUT2D eigenvalue weighted by molar-refractivity contribution is 0.0546. The first-order valence-electron chi connectivity index (χ1n) is 8.98. The molecule has 0 bridgehead atoms. The van der Waals surface area contributed by atoms with Crippen LogP contribution in [0.4, 0.5) is 4.39 Å². The number of nitrogens with zero attached hydrogens (tertiary/aromatic N) is 3. The lowest BCUT2D eigenvalue weighted by Gasteiger charge is -2.29. The van der Waals surface area contributed by atoms with E-state index in [4.69, 9.17) is 0 Å². The van der Waals surface area contributed by atoms with Crippen molar-refractivity contribution in [2.75, 3.05) is 13.1 Å². The predicted molar refractivity (Wildman–Crippen MR) is 100 cm³/mol. The maximum Gasteiger partial charge on any atom is 0.253 e. The third kappa shape index (κ3) is 3.75. The molecular formula is C21H20FN3O2. The summed E-state index contributed by atoms with van der Waals surface area (Å²) in [6.45, 7) is 1.18. The summed E-state index contributed by atoms with van der Waals surface area (Å²) in [5, 5.41) is 13.9. The number of aliphatic hydroxyl groups is 1. The summed E-state index contributed by atoms with van der Waals surface area (Å²) in [4.78, 5) is 14.4. The van der Waals surface area contributed by atoms with E-state index in [-0.39, 0.29) is 17.8 Å². The first kappa shape index (κ1) is 17.4. The van der Waals surface area contributed by atoms with E-state index in [0.29, 0.717) is 31.5 Å². The molecule has 0 aliphatic carbocycles. The van der Waals surface area contributed by atoms with Crippen molar-refractivity contribution in [2.45, 2.75) is 18.9 Å². The molecular weight excluding hydrogens is 345 g/mol. The topological polar surface area (TPSA) is 58.4 Å². The van der Waals surface area contributed by atoms with Gasteiger partial charge in [0.25, 0.3) is 5.91 Å². The van der Waals surface area contributed by atoms with Gasteiger partial charge in [-0.15, -0.1) is 0 Å². The molecule has 5 nitrogen and oxygen atoms in total. The average molecular weight is 365 g/mol. The highest BCUT2D eigenvalue weighted by molar-refractivity contribution is 5.94. The fourth-order valence-electron chi connectivity index (χ4n) is 3.26. The van der Waals surface area contributed by atoms with Crippen molar-refractivity contribution in [3.05, 3.63) is 72.3 Å². The summed E-state index contributed by atoms with van der Waals surface area (Å²) in [6, 6.07) is 13.6. The van der Waals surface area contributed by atoms with Crippen LogP contribution in [-0.2, 0) is 0 Å². The molecule has 1 saturated heterocycles. The van der Waals surface area contributed by atoms with E-state index in [2.05, 4.69) is 5.10 Å². The molecule has 1 fully saturated rings. The highest BCUT2D eigenvalue weighted by atomic mass is 19.1. The number of rotatable bonds is 3. The van der Waals surface area contributed by atoms with Gasteiger partial charge in [-0.3, -0.25) is 4.79 Å². The van der Waals surface area contributed by atoms with Crippen LogP contribution in [0.25, 0.3) is 16.8 Å². The second-order valence-electron chi connectivity index (χ2n) is 6.75. The van der Waals surface area contributed by atoms with Gasteiger partial charge in [-0.25, -0.2) is 9.07 Å². The molecule has 0 atom stereocenters. The normalized spacial score (nSPS) is 15.1. The fraction of sp³-hybridized carbons (Fsp3) is 0.238. The Morgan fingerprint density at radius 1 is 1.00 bits per heavy atom. The maximum absolute atomic E-state index is 13.1. The number of carbonyl (C=O) groups excluding carboxylic acids is 1. The van der Waals surface area contributed by atoms with E-state index in [1.807, 2.05) is 30.5 Å². The van der Waals surface area contributed by atoms with Gasteiger partial charge >= 0.3 is 0 Å². The Morgan fingerprint density at radius 2 is 1.67 bits per heavy atom. The molecule has 138 valence electrons. The molecule has 2 aromatic carbocycles. The van der Waals surface area contributed by atoms with Gasteiger partial charge in [-0.05, 0) is 54.8 Å². The van der Waals surface area contributed by atoms with Crippen molar-refractivity contribution in [2.24, 2.45) is 0 Å². The molecule has 0 unspecified atom stereocenters. The van der Waals surface area contributed by atoms with Crippen molar-refractivity contribution in [1.82, 2.24) is 14.7 Å². The van der Waals surface area contributed by atoms with Crippen LogP contribution < -0.4 is 0 Å². The van der Waals surface area contributed by atoms with E-state index in [0.717, 1.165) is 16.8 Å². The first-order chi connectivity index (χ1) is 13.1. The fourth-order valence-corrected chi connectivity index (χ4v) is 3.26. The highest BCUT2D eigenvalue weighted by Gasteiger charge is 2.22. The van der Waals surface area contributed by atoms with Gasteiger partial charge in [0.2, 0.25) is 0 Å². The summed E-state index contributed by atoms with van der Waals surface area (Å²) in [5.41, 5.74) is 3.29. The summed E-state index contributed by atoms with van der Waals surface area (Å²) in [7, 11) is 0. The van der Waals surface area contributed by atoms with Gasteiger partial charge in [0.15, 0.2) is 0 Å². The van der Waals surface area contributed by atoms with Crippen LogP contribution in [-0.4, -0.2) is 44.9 Å². The zero-order valence-corrected chi connectivity index (χ0v) is 14.8. The number of piperidine rings is 1. The smallest absolute Gasteiger partial charge is 0.253 e. The van der Waals surface area contributed by atoms with Crippen LogP contribution in [0.15, 0.2) is 60.9 Å². The molecule has 0 spiro atoms. The SMILES string of the molecule is O=C(c1ccc(-c2cnn(-c3ccc(F)cc3)c2)cc1)N1CCC(O)CC1. The third-order valence-electron chi connectivity index (χ3n) is 4.89. The molecule has 1 amide bonds. The van der Waals surface area contributed by atoms with E-state index >= 15 is 0 Å². The van der Waals surface area contributed by atoms with Crippen LogP contribution >= 0.6 is 0 Å². The lowest BCUT2D eigenvalue weighted by Crippen LogP contribution is -2.40. The Labute approximate surface area is 156 Å². The lowest BCUT2D eigenvalue weighted by atomic mass is 10.0. The molecule has 6 heteroatoms. The van der Waals surface area contributed by atoms with Gasteiger partial charge in [0.1, 0.15) is 5.82 Å². The molecule has 2 heterocycles. The van der Waals surface area contributed by atoms with Crippen LogP contribution in [0.1, 0.15) is 23.2 Å². The average Bonchev–Trinajstić information content (AvgIpc) is 3.19. The van der Waals surface area contributed by atoms with E-state index in [1.54, 1.807) is 27.9 Å². The second kappa shape index (κ2) is 7.32. The van der Waals surface area contributed by atoms with Gasteiger partial charge in [-0.1, -0.05) is 12.1 Å². The molecule has 3 aromatic rings. The Morgan fingerprint density at radius 3 is 2.33 bits per heavy atom. The molecule has 1 aromatic heterocycles. The van der Waals surface area contributed by atoms with Gasteiger partial charge < -0.3 is 10.0 Å². The zero-order chi connectivity index (χ0) is 18.8. The van der Waals surface area contributed by atoms with Crippen LogP contribution in [0, 0.1) is 5.82 Å². The summed E-state index contributed by atoms with van der Waals surface area (Å²) in [5.74, 6) is -0.287. The predicted octanol–water partition coefficient (Wildman–Crippen LogP) is 3.28. The number of halogens is 1. The van der Waals surface area contributed by atoms with Crippen molar-refractivity contribution in [1.29, 1.82) is 0 Å². The number of amides is 1. The van der Waals surface area contributed by atoms with Crippen molar-refractivity contribution < 1.29 is 14.3 Å². The standard InChI is InChI=1S/C21H20FN3O2/c22-18-5-7-19(8-6-18)25-14-17(13-23-25)15-1-3-16(4-2-15)21(27)24-11-9-20(26)10-12-24/h1-8,13-14,20,26H,9-12H2. The largest absolute Gasteiger partial charge is 0.393 e. The number of hydrogen-bond acceptors (Lipinski definition) is 3. The highest BCUT2D eigenvalue weighted by Crippen LogP contribution is 2.22. The number of benzene rings is 2. The minimum absolute atomic E-state index is 0.00421. The Balaban J connectivity index is 1.49. The van der Waals surface area contributed by atoms with Crippen molar-refractivity contribution >= 4 is 5.91 Å². The number of hydrogen-bond donors (Lipinski definition) is 1. The van der Waals surface area contributed by atoms with E-state index < -0.39 is 0 Å². The minimum atomic E-state index is -0.297. The van der Waals surface area contributed by atoms with Crippen LogP contribution in [0.3, 0.4) is 0 Å². The van der Waals surface area contributed by atoms with Crippen molar-refractivity contribution in [3.8, 4) is 16.8 Å². The Kier molecular flexibility index (Phi) is 4.73. The molecule has 27 heavy (non-hydrogen) atoms. The quantitative estimate of drug-likeness (QED) is 0.775. The minimum Gasteiger partial charge on any atom is -0.393 e. The zero-order valence-electron chi connectivity index (χ0n) is 14.8. The molecule has 1 N–H and O–H groups in total. The van der Waals surface area contributed by atoms with E-state index in [1.165, 1.54) is 12.1 Å². The second-order valence-corrected chi connectivity index (χ2v) is 6.75. The van der Waals surface area contributed by atoms with Crippen LogP contribution in [0.5, 0.6) is 0 Å². The molecule has 4 rings (SSSR count). The number of likely N-dealkylation sites (tertiary alicyclic amines) is 1. The maximum atomic E-state index is 13.1. The van der Waals surface area contributed by atoms with Crippen molar-refractivity contribution in [3.63, 3.8) is 0 Å². The third-order valence-corrected chi connectivity index (χ3v) is 4.89. The number of aromatic nitrogens is 2. The Bertz CT molecular complexity index is 927. The molecule has 0 saturated carbocycles. The van der Waals surface area contributed by atoms with Gasteiger partial charge in [0.05, 0.1) is 18.0 Å². The molecule has 1 aliphatic heterocycles. The summed E-state index contributed by atoms with van der Waals surface area (Å²) in [6.07, 6.45) is 4.58. The van der Waals surface area contributed by atoms with E-state index in [9.17, 15) is 14.3 Å². The first-order valence-corrected chi connectivity index (χ1v) is 8.98. The summed E-state index contributed by atoms with van der Waals surface area (Å²) >= 11 is 0. The van der Waals surface area contributed by atoms with Gasteiger partial charge in [-0.2, -0.15) is 5.10 Å². The Hall–Kier alpha value is -2.99.